The number of aromatic nitrogens is 1. The number of alkyl carbamates (subject to hydrolysis) is 1. The molecule has 1 fully saturated rings. The quantitative estimate of drug-likeness (QED) is 0.348. The molecule has 8 nitrogen and oxygen atoms in total. The van der Waals surface area contributed by atoms with Crippen molar-refractivity contribution in [3.8, 4) is 11.5 Å². The lowest BCUT2D eigenvalue weighted by molar-refractivity contribution is -0.135. The van der Waals surface area contributed by atoms with Crippen molar-refractivity contribution in [3.63, 3.8) is 0 Å². The number of benzene rings is 2. The number of nitrogens with one attached hydrogen (secondary N) is 1. The van der Waals surface area contributed by atoms with E-state index in [1.54, 1.807) is 13.4 Å². The van der Waals surface area contributed by atoms with Crippen molar-refractivity contribution in [3.05, 3.63) is 77.5 Å². The Balaban J connectivity index is 1.26. The number of rotatable bonds is 11. The molecule has 2 aromatic carbocycles. The van der Waals surface area contributed by atoms with E-state index >= 15 is 0 Å². The second kappa shape index (κ2) is 10.7. The number of aryl methyl sites for hydroxylation is 3. The third kappa shape index (κ3) is 6.12. The molecule has 1 aliphatic heterocycles. The first-order chi connectivity index (χ1) is 16.1. The molecule has 1 unspecified atom stereocenters. The molecular weight excluding hydrogens is 424 g/mol. The van der Waals surface area contributed by atoms with E-state index in [1.807, 2.05) is 36.4 Å². The fourth-order valence-corrected chi connectivity index (χ4v) is 3.66. The van der Waals surface area contributed by atoms with E-state index in [0.29, 0.717) is 30.2 Å². The number of hydrogen-bond donors (Lipinski definition) is 1. The summed E-state index contributed by atoms with van der Waals surface area (Å²) in [5.74, 6) is 1.40. The fourth-order valence-electron chi connectivity index (χ4n) is 3.66. The van der Waals surface area contributed by atoms with Gasteiger partial charge < -0.3 is 23.9 Å². The Labute approximate surface area is 191 Å². The van der Waals surface area contributed by atoms with Gasteiger partial charge in [0, 0.05) is 6.42 Å². The van der Waals surface area contributed by atoms with Gasteiger partial charge in [0.05, 0.1) is 7.11 Å². The topological polar surface area (TPSA) is 99.9 Å². The van der Waals surface area contributed by atoms with Crippen LogP contribution in [0.25, 0.3) is 0 Å². The highest BCUT2D eigenvalue weighted by Crippen LogP contribution is 2.29. The molecule has 1 N–H and O–H groups in total. The second-order valence-corrected chi connectivity index (χ2v) is 7.79. The van der Waals surface area contributed by atoms with Gasteiger partial charge in [0.2, 0.25) is 0 Å². The highest BCUT2D eigenvalue weighted by molar-refractivity contribution is 5.95. The number of carbonyl (C=O) groups is 2. The number of esters is 1. The first-order valence-corrected chi connectivity index (χ1v) is 10.9. The molecule has 0 radical (unpaired) electrons. The Morgan fingerprint density at radius 2 is 1.85 bits per heavy atom. The molecule has 1 aromatic heterocycles. The van der Waals surface area contributed by atoms with Crippen molar-refractivity contribution in [2.45, 2.75) is 44.8 Å². The smallest absolute Gasteiger partial charge is 0.415 e. The van der Waals surface area contributed by atoms with Crippen LogP contribution < -0.4 is 14.8 Å². The lowest BCUT2D eigenvalue weighted by Crippen LogP contribution is -2.28. The van der Waals surface area contributed by atoms with Gasteiger partial charge in [-0.05, 0) is 48.9 Å². The van der Waals surface area contributed by atoms with Crippen LogP contribution in [0.5, 0.6) is 11.5 Å². The maximum absolute atomic E-state index is 11.5. The van der Waals surface area contributed by atoms with E-state index in [-0.39, 0.29) is 6.61 Å². The number of amides is 1. The predicted octanol–water partition coefficient (Wildman–Crippen LogP) is 4.01. The molecule has 0 bridgehead atoms. The summed E-state index contributed by atoms with van der Waals surface area (Å²) >= 11 is 0. The van der Waals surface area contributed by atoms with Crippen molar-refractivity contribution >= 4 is 12.1 Å². The van der Waals surface area contributed by atoms with Crippen molar-refractivity contribution < 1.29 is 28.2 Å². The first kappa shape index (κ1) is 22.4. The van der Waals surface area contributed by atoms with E-state index in [0.717, 1.165) is 30.5 Å². The third-order valence-electron chi connectivity index (χ3n) is 5.40. The molecule has 1 aliphatic rings. The minimum Gasteiger partial charge on any atom is -0.493 e. The number of carbonyl (C=O) groups excluding carboxylic acids is 2. The maximum atomic E-state index is 11.5. The van der Waals surface area contributed by atoms with E-state index < -0.39 is 18.1 Å². The maximum Gasteiger partial charge on any atom is 0.415 e. The molecule has 8 heteroatoms. The zero-order valence-electron chi connectivity index (χ0n) is 18.4. The lowest BCUT2D eigenvalue weighted by Gasteiger charge is -2.12. The monoisotopic (exact) mass is 450 g/mol. The summed E-state index contributed by atoms with van der Waals surface area (Å²) < 4.78 is 21.4. The van der Waals surface area contributed by atoms with Gasteiger partial charge in [-0.3, -0.25) is 0 Å². The Hall–Kier alpha value is -3.81. The SMILES string of the molecule is COc1cc(CCCC2NC(=O)OC2=O)ccc1OCc1coc(CCc2ccccc2)n1. The van der Waals surface area contributed by atoms with Gasteiger partial charge in [-0.1, -0.05) is 36.4 Å². The van der Waals surface area contributed by atoms with Crippen LogP contribution in [0.2, 0.25) is 0 Å². The summed E-state index contributed by atoms with van der Waals surface area (Å²) in [5.41, 5.74) is 3.00. The molecule has 3 aromatic rings. The Morgan fingerprint density at radius 1 is 1.00 bits per heavy atom. The summed E-state index contributed by atoms with van der Waals surface area (Å²) in [4.78, 5) is 27.1. The highest BCUT2D eigenvalue weighted by Gasteiger charge is 2.31. The lowest BCUT2D eigenvalue weighted by atomic mass is 10.0. The van der Waals surface area contributed by atoms with Crippen molar-refractivity contribution in [1.82, 2.24) is 10.3 Å². The largest absolute Gasteiger partial charge is 0.493 e. The Bertz CT molecular complexity index is 1100. The van der Waals surface area contributed by atoms with Gasteiger partial charge in [-0.25, -0.2) is 14.6 Å². The Morgan fingerprint density at radius 3 is 2.61 bits per heavy atom. The first-order valence-electron chi connectivity index (χ1n) is 10.9. The van der Waals surface area contributed by atoms with E-state index in [4.69, 9.17) is 13.9 Å². The van der Waals surface area contributed by atoms with Crippen LogP contribution >= 0.6 is 0 Å². The molecule has 172 valence electrons. The number of ether oxygens (including phenoxy) is 3. The molecule has 33 heavy (non-hydrogen) atoms. The third-order valence-corrected chi connectivity index (χ3v) is 5.40. The van der Waals surface area contributed by atoms with Crippen molar-refractivity contribution in [1.29, 1.82) is 0 Å². The average molecular weight is 450 g/mol. The minimum absolute atomic E-state index is 0.272. The number of oxazole rings is 1. The number of cyclic esters (lactones) is 2. The molecule has 0 spiro atoms. The summed E-state index contributed by atoms with van der Waals surface area (Å²) in [6, 6.07) is 15.4. The average Bonchev–Trinajstić information content (AvgIpc) is 3.42. The van der Waals surface area contributed by atoms with Crippen LogP contribution in [0.4, 0.5) is 4.79 Å². The molecule has 0 aliphatic carbocycles. The van der Waals surface area contributed by atoms with Gasteiger partial charge in [0.15, 0.2) is 17.4 Å². The summed E-state index contributed by atoms with van der Waals surface area (Å²) in [6.45, 7) is 0.272. The summed E-state index contributed by atoms with van der Waals surface area (Å²) in [5, 5.41) is 2.50. The van der Waals surface area contributed by atoms with Crippen LogP contribution in [0.1, 0.15) is 35.6 Å². The van der Waals surface area contributed by atoms with E-state index in [1.165, 1.54) is 5.56 Å². The van der Waals surface area contributed by atoms with Crippen LogP contribution in [0.3, 0.4) is 0 Å². The summed E-state index contributed by atoms with van der Waals surface area (Å²) in [6.07, 6.45) is 4.50. The predicted molar refractivity (Wildman–Crippen MR) is 119 cm³/mol. The molecule has 2 heterocycles. The zero-order chi connectivity index (χ0) is 23.0. The molecule has 1 amide bonds. The van der Waals surface area contributed by atoms with Crippen LogP contribution in [0, 0.1) is 0 Å². The van der Waals surface area contributed by atoms with Crippen LogP contribution in [-0.2, 0) is 35.4 Å². The standard InChI is InChI=1S/C25H26N2O6/c1-30-22-14-18(8-5-9-20-24(28)33-25(29)27-20)10-12-21(22)31-15-19-16-32-23(26-19)13-11-17-6-3-2-4-7-17/h2-4,6-7,10,12,14,16,20H,5,8-9,11,13,15H2,1H3,(H,27,29). The van der Waals surface area contributed by atoms with Crippen molar-refractivity contribution in [2.24, 2.45) is 0 Å². The highest BCUT2D eigenvalue weighted by atomic mass is 16.6. The molecule has 4 rings (SSSR count). The molecule has 1 atom stereocenters. The van der Waals surface area contributed by atoms with Crippen LogP contribution in [-0.4, -0.2) is 30.2 Å². The zero-order valence-corrected chi connectivity index (χ0v) is 18.4. The van der Waals surface area contributed by atoms with Crippen molar-refractivity contribution in [2.75, 3.05) is 7.11 Å². The van der Waals surface area contributed by atoms with E-state index in [2.05, 4.69) is 27.2 Å². The number of nitrogens with zero attached hydrogens (tertiary/aromatic N) is 1. The van der Waals surface area contributed by atoms with Gasteiger partial charge in [-0.2, -0.15) is 0 Å². The van der Waals surface area contributed by atoms with Gasteiger partial charge in [0.1, 0.15) is 24.6 Å². The molecular formula is C25H26N2O6. The number of methoxy groups -OCH3 is 1. The normalized spacial score (nSPS) is 15.2. The Kier molecular flexibility index (Phi) is 7.24. The fraction of sp³-hybridized carbons (Fsp3) is 0.320. The van der Waals surface area contributed by atoms with Gasteiger partial charge in [-0.15, -0.1) is 0 Å². The van der Waals surface area contributed by atoms with Crippen LogP contribution in [0.15, 0.2) is 59.2 Å². The number of hydrogen-bond acceptors (Lipinski definition) is 7. The van der Waals surface area contributed by atoms with Gasteiger partial charge >= 0.3 is 12.1 Å². The molecule has 1 saturated heterocycles. The molecule has 0 saturated carbocycles. The van der Waals surface area contributed by atoms with Gasteiger partial charge in [0.25, 0.3) is 0 Å². The van der Waals surface area contributed by atoms with E-state index in [9.17, 15) is 9.59 Å². The second-order valence-electron chi connectivity index (χ2n) is 7.79. The summed E-state index contributed by atoms with van der Waals surface area (Å²) in [7, 11) is 1.59. The minimum atomic E-state index is -0.677.